The molecule has 7 heteroatoms. The summed E-state index contributed by atoms with van der Waals surface area (Å²) in [4.78, 5) is 12.5. The normalized spacial score (nSPS) is 16.9. The van der Waals surface area contributed by atoms with Gasteiger partial charge in [0.15, 0.2) is 0 Å². The number of sulfonamides is 1. The summed E-state index contributed by atoms with van der Waals surface area (Å²) >= 11 is 0. The third-order valence-corrected chi connectivity index (χ3v) is 5.57. The van der Waals surface area contributed by atoms with Gasteiger partial charge in [0.05, 0.1) is 6.26 Å². The van der Waals surface area contributed by atoms with E-state index in [4.69, 9.17) is 0 Å². The number of amides is 1. The molecule has 0 bridgehead atoms. The molecule has 1 fully saturated rings. The molecule has 0 saturated carbocycles. The van der Waals surface area contributed by atoms with Gasteiger partial charge in [0, 0.05) is 42.8 Å². The Morgan fingerprint density at radius 1 is 1.12 bits per heavy atom. The molecule has 24 heavy (non-hydrogen) atoms. The number of carbonyl (C=O) groups is 1. The quantitative estimate of drug-likeness (QED) is 0.914. The summed E-state index contributed by atoms with van der Waals surface area (Å²) in [5.74, 6) is -0.123. The van der Waals surface area contributed by atoms with Gasteiger partial charge in [-0.3, -0.25) is 4.79 Å². The van der Waals surface area contributed by atoms with Crippen LogP contribution in [0.25, 0.3) is 5.69 Å². The number of benzene rings is 1. The summed E-state index contributed by atoms with van der Waals surface area (Å²) in [6, 6.07) is 11.3. The fourth-order valence-electron chi connectivity index (χ4n) is 2.91. The van der Waals surface area contributed by atoms with Crippen molar-refractivity contribution in [2.24, 2.45) is 0 Å². The first kappa shape index (κ1) is 16.7. The average molecular weight is 347 g/mol. The van der Waals surface area contributed by atoms with Gasteiger partial charge in [0.1, 0.15) is 0 Å². The molecule has 6 nitrogen and oxygen atoms in total. The van der Waals surface area contributed by atoms with Crippen LogP contribution in [0.2, 0.25) is 0 Å². The number of hydrogen-bond donors (Lipinski definition) is 1. The molecule has 2 aromatic rings. The lowest BCUT2D eigenvalue weighted by Gasteiger charge is -2.30. The van der Waals surface area contributed by atoms with Crippen molar-refractivity contribution < 1.29 is 13.2 Å². The van der Waals surface area contributed by atoms with Crippen molar-refractivity contribution >= 4 is 15.9 Å². The van der Waals surface area contributed by atoms with E-state index in [0.717, 1.165) is 5.69 Å². The van der Waals surface area contributed by atoms with E-state index in [0.29, 0.717) is 31.5 Å². The highest BCUT2D eigenvalue weighted by atomic mass is 32.2. The van der Waals surface area contributed by atoms with Crippen LogP contribution in [0.15, 0.2) is 48.8 Å². The highest BCUT2D eigenvalue weighted by Gasteiger charge is 2.25. The third-order valence-electron chi connectivity index (χ3n) is 4.27. The lowest BCUT2D eigenvalue weighted by Crippen LogP contribution is -2.46. The van der Waals surface area contributed by atoms with Crippen LogP contribution in [-0.4, -0.2) is 48.6 Å². The van der Waals surface area contributed by atoms with Gasteiger partial charge in [-0.1, -0.05) is 6.07 Å². The number of hydrogen-bond acceptors (Lipinski definition) is 3. The van der Waals surface area contributed by atoms with Crippen LogP contribution in [0.4, 0.5) is 0 Å². The summed E-state index contributed by atoms with van der Waals surface area (Å²) in [5.41, 5.74) is 1.53. The summed E-state index contributed by atoms with van der Waals surface area (Å²) in [6.45, 7) is 0.903. The van der Waals surface area contributed by atoms with E-state index in [9.17, 15) is 13.2 Å². The molecule has 128 valence electrons. The van der Waals surface area contributed by atoms with Crippen molar-refractivity contribution in [2.45, 2.75) is 18.9 Å². The van der Waals surface area contributed by atoms with E-state index >= 15 is 0 Å². The largest absolute Gasteiger partial charge is 0.349 e. The van der Waals surface area contributed by atoms with Crippen LogP contribution in [0.5, 0.6) is 0 Å². The Kier molecular flexibility index (Phi) is 4.73. The molecule has 1 aliphatic rings. The minimum absolute atomic E-state index is 0.00531. The van der Waals surface area contributed by atoms with Crippen molar-refractivity contribution in [3.8, 4) is 5.69 Å². The van der Waals surface area contributed by atoms with Crippen molar-refractivity contribution in [2.75, 3.05) is 19.3 Å². The molecule has 3 rings (SSSR count). The SMILES string of the molecule is CS(=O)(=O)N1CCC(NC(=O)c2cccc(-n3cccc3)c2)CC1. The first-order valence-electron chi connectivity index (χ1n) is 7.93. The minimum Gasteiger partial charge on any atom is -0.349 e. The average Bonchev–Trinajstić information content (AvgIpc) is 3.09. The molecule has 0 aliphatic carbocycles. The maximum Gasteiger partial charge on any atom is 0.251 e. The number of nitrogens with zero attached hydrogens (tertiary/aromatic N) is 2. The number of nitrogens with one attached hydrogen (secondary N) is 1. The fraction of sp³-hybridized carbons (Fsp3) is 0.353. The standard InChI is InChI=1S/C17H21N3O3S/c1-24(22,23)20-11-7-15(8-12-20)18-17(21)14-5-4-6-16(13-14)19-9-2-3-10-19/h2-6,9-10,13,15H,7-8,11-12H2,1H3,(H,18,21). The maximum absolute atomic E-state index is 12.5. The summed E-state index contributed by atoms with van der Waals surface area (Å²) < 4.78 is 26.5. The van der Waals surface area contributed by atoms with E-state index < -0.39 is 10.0 Å². The number of carbonyl (C=O) groups excluding carboxylic acids is 1. The van der Waals surface area contributed by atoms with Crippen LogP contribution in [0.3, 0.4) is 0 Å². The van der Waals surface area contributed by atoms with E-state index in [1.165, 1.54) is 10.6 Å². The molecule has 0 spiro atoms. The predicted octanol–water partition coefficient (Wildman–Crippen LogP) is 1.63. The molecule has 1 aliphatic heterocycles. The molecule has 1 aromatic carbocycles. The van der Waals surface area contributed by atoms with Crippen LogP contribution >= 0.6 is 0 Å². The zero-order valence-corrected chi connectivity index (χ0v) is 14.4. The molecule has 0 unspecified atom stereocenters. The Balaban J connectivity index is 1.63. The van der Waals surface area contributed by atoms with Crippen molar-refractivity contribution in [1.29, 1.82) is 0 Å². The lowest BCUT2D eigenvalue weighted by molar-refractivity contribution is 0.0924. The molecule has 1 amide bonds. The second kappa shape index (κ2) is 6.78. The predicted molar refractivity (Wildman–Crippen MR) is 92.7 cm³/mol. The molecule has 0 radical (unpaired) electrons. The summed E-state index contributed by atoms with van der Waals surface area (Å²) in [5, 5.41) is 3.01. The highest BCUT2D eigenvalue weighted by Crippen LogP contribution is 2.15. The molecule has 1 saturated heterocycles. The third kappa shape index (κ3) is 3.85. The van der Waals surface area contributed by atoms with E-state index in [2.05, 4.69) is 5.32 Å². The monoisotopic (exact) mass is 347 g/mol. The number of aromatic nitrogens is 1. The van der Waals surface area contributed by atoms with Crippen molar-refractivity contribution in [1.82, 2.24) is 14.2 Å². The molecular weight excluding hydrogens is 326 g/mol. The molecule has 1 N–H and O–H groups in total. The van der Waals surface area contributed by atoms with Crippen molar-refractivity contribution in [3.05, 3.63) is 54.4 Å². The summed E-state index contributed by atoms with van der Waals surface area (Å²) in [6.07, 6.45) is 6.35. The zero-order valence-electron chi connectivity index (χ0n) is 13.6. The Labute approximate surface area is 142 Å². The van der Waals surface area contributed by atoms with E-state index in [1.807, 2.05) is 47.3 Å². The van der Waals surface area contributed by atoms with E-state index in [-0.39, 0.29) is 11.9 Å². The van der Waals surface area contributed by atoms with Gasteiger partial charge >= 0.3 is 0 Å². The van der Waals surface area contributed by atoms with Crippen molar-refractivity contribution in [3.63, 3.8) is 0 Å². The first-order chi connectivity index (χ1) is 11.4. The van der Waals surface area contributed by atoms with E-state index in [1.54, 1.807) is 6.07 Å². The van der Waals surface area contributed by atoms with Gasteiger partial charge in [-0.15, -0.1) is 0 Å². The minimum atomic E-state index is -3.14. The first-order valence-corrected chi connectivity index (χ1v) is 9.78. The van der Waals surface area contributed by atoms with Gasteiger partial charge in [0.2, 0.25) is 10.0 Å². The van der Waals surface area contributed by atoms with Crippen LogP contribution in [-0.2, 0) is 10.0 Å². The maximum atomic E-state index is 12.5. The van der Waals surface area contributed by atoms with Crippen LogP contribution in [0.1, 0.15) is 23.2 Å². The van der Waals surface area contributed by atoms with Gasteiger partial charge < -0.3 is 9.88 Å². The van der Waals surface area contributed by atoms with Crippen LogP contribution < -0.4 is 5.32 Å². The zero-order chi connectivity index (χ0) is 17.2. The Morgan fingerprint density at radius 3 is 2.42 bits per heavy atom. The molecular formula is C17H21N3O3S. The Hall–Kier alpha value is -2.12. The topological polar surface area (TPSA) is 71.4 Å². The Morgan fingerprint density at radius 2 is 1.79 bits per heavy atom. The second-order valence-electron chi connectivity index (χ2n) is 6.05. The van der Waals surface area contributed by atoms with Gasteiger partial charge in [-0.2, -0.15) is 0 Å². The van der Waals surface area contributed by atoms with Gasteiger partial charge in [0.25, 0.3) is 5.91 Å². The second-order valence-corrected chi connectivity index (χ2v) is 8.03. The number of rotatable bonds is 4. The molecule has 0 atom stereocenters. The van der Waals surface area contributed by atoms with Gasteiger partial charge in [-0.25, -0.2) is 12.7 Å². The smallest absolute Gasteiger partial charge is 0.251 e. The van der Waals surface area contributed by atoms with Crippen LogP contribution in [0, 0.1) is 0 Å². The number of piperidine rings is 1. The molecule has 1 aromatic heterocycles. The summed E-state index contributed by atoms with van der Waals surface area (Å²) in [7, 11) is -3.14. The lowest BCUT2D eigenvalue weighted by atomic mass is 10.1. The van der Waals surface area contributed by atoms with Gasteiger partial charge in [-0.05, 0) is 43.2 Å². The Bertz CT molecular complexity index is 807. The molecule has 2 heterocycles. The fourth-order valence-corrected chi connectivity index (χ4v) is 3.79. The highest BCUT2D eigenvalue weighted by molar-refractivity contribution is 7.88.